The van der Waals surface area contributed by atoms with Gasteiger partial charge in [-0.15, -0.1) is 0 Å². The minimum absolute atomic E-state index is 0.111. The Morgan fingerprint density at radius 2 is 1.73 bits per heavy atom. The third-order valence-corrected chi connectivity index (χ3v) is 3.62. The third-order valence-electron chi connectivity index (χ3n) is 3.62. The third kappa shape index (κ3) is 4.12. The Labute approximate surface area is 145 Å². The van der Waals surface area contributed by atoms with Crippen LogP contribution in [0.4, 0.5) is 0 Å². The van der Waals surface area contributed by atoms with E-state index in [1.165, 1.54) is 12.1 Å². The zero-order chi connectivity index (χ0) is 19.4. The molecule has 0 bridgehead atoms. The van der Waals surface area contributed by atoms with E-state index in [0.29, 0.717) is 0 Å². The van der Waals surface area contributed by atoms with E-state index in [0.717, 1.165) is 6.07 Å². The van der Waals surface area contributed by atoms with Gasteiger partial charge in [0.1, 0.15) is 23.9 Å². The summed E-state index contributed by atoms with van der Waals surface area (Å²) in [5.74, 6) is -3.05. The first-order chi connectivity index (χ1) is 12.3. The maximum Gasteiger partial charge on any atom is 0.293 e. The highest BCUT2D eigenvalue weighted by Gasteiger charge is 2.35. The van der Waals surface area contributed by atoms with Crippen LogP contribution in [0.2, 0.25) is 0 Å². The van der Waals surface area contributed by atoms with Crippen molar-refractivity contribution in [2.24, 2.45) is 0 Å². The quantitative estimate of drug-likeness (QED) is 0.321. The smallest absolute Gasteiger partial charge is 0.293 e. The van der Waals surface area contributed by atoms with Gasteiger partial charge < -0.3 is 29.9 Å². The Morgan fingerprint density at radius 3 is 2.38 bits per heavy atom. The summed E-state index contributed by atoms with van der Waals surface area (Å²) < 4.78 is 5.22. The van der Waals surface area contributed by atoms with E-state index in [1.54, 1.807) is 17.4 Å². The largest absolute Gasteiger partial charge is 0.451 e. The average molecular weight is 367 g/mol. The minimum atomic E-state index is -2.29. The number of aliphatic hydroxyl groups is 5. The van der Waals surface area contributed by atoms with Crippen LogP contribution in [0.15, 0.2) is 39.5 Å². The molecular formula is C16H17NO9. The van der Waals surface area contributed by atoms with Gasteiger partial charge in [0, 0.05) is 6.07 Å². The summed E-state index contributed by atoms with van der Waals surface area (Å²) in [5.41, 5.74) is -0.411. The van der Waals surface area contributed by atoms with Gasteiger partial charge in [-0.1, -0.05) is 12.1 Å². The van der Waals surface area contributed by atoms with E-state index in [2.05, 4.69) is 0 Å². The molecule has 10 heteroatoms. The van der Waals surface area contributed by atoms with Crippen LogP contribution in [0.1, 0.15) is 10.6 Å². The van der Waals surface area contributed by atoms with Crippen molar-refractivity contribution in [3.05, 3.63) is 46.3 Å². The molecule has 6 N–H and O–H groups in total. The van der Waals surface area contributed by atoms with Gasteiger partial charge in [0.15, 0.2) is 17.3 Å². The van der Waals surface area contributed by atoms with Crippen molar-refractivity contribution in [3.63, 3.8) is 0 Å². The number of hydrogen-bond donors (Lipinski definition) is 6. The average Bonchev–Trinajstić information content (AvgIpc) is 2.65. The molecule has 2 aromatic rings. The predicted molar refractivity (Wildman–Crippen MR) is 86.1 cm³/mol. The van der Waals surface area contributed by atoms with Crippen LogP contribution in [-0.4, -0.2) is 68.4 Å². The SMILES string of the molecule is O=C(NC(=O)[C@H](O)[C@@H](O)[C@H](O)[C@H](O)CO)c1cc(=O)c2ccccc2o1. The van der Waals surface area contributed by atoms with Crippen LogP contribution in [0, 0.1) is 0 Å². The van der Waals surface area contributed by atoms with Crippen molar-refractivity contribution in [1.82, 2.24) is 5.32 Å². The van der Waals surface area contributed by atoms with E-state index in [1.807, 2.05) is 0 Å². The van der Waals surface area contributed by atoms with Gasteiger partial charge in [0.2, 0.25) is 0 Å². The molecule has 0 aliphatic rings. The summed E-state index contributed by atoms with van der Waals surface area (Å²) >= 11 is 0. The number of carbonyl (C=O) groups excluding carboxylic acids is 2. The van der Waals surface area contributed by atoms with Gasteiger partial charge in [-0.05, 0) is 12.1 Å². The zero-order valence-corrected chi connectivity index (χ0v) is 13.3. The van der Waals surface area contributed by atoms with Crippen molar-refractivity contribution in [1.29, 1.82) is 0 Å². The van der Waals surface area contributed by atoms with Gasteiger partial charge in [-0.25, -0.2) is 0 Å². The number of fused-ring (bicyclic) bond motifs is 1. The fourth-order valence-electron chi connectivity index (χ4n) is 2.14. The first kappa shape index (κ1) is 19.7. The number of hydrogen-bond acceptors (Lipinski definition) is 9. The summed E-state index contributed by atoms with van der Waals surface area (Å²) in [6, 6.07) is 6.97. The number of imide groups is 1. The number of rotatable bonds is 6. The molecule has 0 aliphatic heterocycles. The molecule has 0 saturated heterocycles. The van der Waals surface area contributed by atoms with Crippen molar-refractivity contribution in [3.8, 4) is 0 Å². The highest BCUT2D eigenvalue weighted by molar-refractivity contribution is 6.05. The number of benzene rings is 1. The topological polar surface area (TPSA) is 178 Å². The van der Waals surface area contributed by atoms with Crippen LogP contribution < -0.4 is 10.7 Å². The lowest BCUT2D eigenvalue weighted by Gasteiger charge is -2.24. The molecule has 2 amide bonds. The molecule has 1 heterocycles. The van der Waals surface area contributed by atoms with E-state index in [9.17, 15) is 34.8 Å². The van der Waals surface area contributed by atoms with E-state index >= 15 is 0 Å². The molecule has 0 aliphatic carbocycles. The molecule has 0 radical (unpaired) electrons. The van der Waals surface area contributed by atoms with E-state index in [4.69, 9.17) is 9.52 Å². The number of para-hydroxylation sites is 1. The zero-order valence-electron chi connectivity index (χ0n) is 13.3. The normalized spacial score (nSPS) is 15.9. The van der Waals surface area contributed by atoms with Crippen LogP contribution in [0.25, 0.3) is 11.0 Å². The number of aliphatic hydroxyl groups excluding tert-OH is 5. The predicted octanol–water partition coefficient (Wildman–Crippen LogP) is -2.51. The second kappa shape index (κ2) is 8.17. The second-order valence-electron chi connectivity index (χ2n) is 5.47. The van der Waals surface area contributed by atoms with Gasteiger partial charge in [0.05, 0.1) is 12.0 Å². The molecule has 0 spiro atoms. The fraction of sp³-hybridized carbons (Fsp3) is 0.312. The molecule has 1 aromatic heterocycles. The highest BCUT2D eigenvalue weighted by atomic mass is 16.4. The van der Waals surface area contributed by atoms with Crippen LogP contribution in [-0.2, 0) is 4.79 Å². The van der Waals surface area contributed by atoms with Crippen molar-refractivity contribution in [2.45, 2.75) is 24.4 Å². The van der Waals surface area contributed by atoms with Gasteiger partial charge in [0.25, 0.3) is 11.8 Å². The Morgan fingerprint density at radius 1 is 1.08 bits per heavy atom. The second-order valence-corrected chi connectivity index (χ2v) is 5.47. The van der Waals surface area contributed by atoms with Crippen molar-refractivity contribution < 1.29 is 39.5 Å². The maximum absolute atomic E-state index is 12.0. The number of carbonyl (C=O) groups is 2. The van der Waals surface area contributed by atoms with Crippen molar-refractivity contribution >= 4 is 22.8 Å². The molecule has 140 valence electrons. The maximum atomic E-state index is 12.0. The first-order valence-electron chi connectivity index (χ1n) is 7.47. The fourth-order valence-corrected chi connectivity index (χ4v) is 2.14. The molecular weight excluding hydrogens is 350 g/mol. The molecule has 0 saturated carbocycles. The summed E-state index contributed by atoms with van der Waals surface area (Å²) in [4.78, 5) is 35.8. The Bertz CT molecular complexity index is 862. The molecule has 26 heavy (non-hydrogen) atoms. The van der Waals surface area contributed by atoms with Gasteiger partial charge >= 0.3 is 0 Å². The molecule has 2 rings (SSSR count). The lowest BCUT2D eigenvalue weighted by atomic mass is 10.0. The van der Waals surface area contributed by atoms with Gasteiger partial charge in [-0.3, -0.25) is 19.7 Å². The number of amides is 2. The van der Waals surface area contributed by atoms with Gasteiger partial charge in [-0.2, -0.15) is 0 Å². The monoisotopic (exact) mass is 367 g/mol. The standard InChI is InChI=1S/C16H17NO9/c18-6-9(20)12(21)13(22)14(23)16(25)17-15(24)11-5-8(19)7-3-1-2-4-10(7)26-11/h1-5,9,12-14,18,20-23H,6H2,(H,17,24,25)/t9-,12-,13+,14-/m1/s1. The summed E-state index contributed by atoms with van der Waals surface area (Å²) in [6.07, 6.45) is -8.30. The van der Waals surface area contributed by atoms with Crippen LogP contribution in [0.5, 0.6) is 0 Å². The summed E-state index contributed by atoms with van der Waals surface area (Å²) in [7, 11) is 0. The van der Waals surface area contributed by atoms with E-state index < -0.39 is 54.0 Å². The Balaban J connectivity index is 2.14. The Kier molecular flexibility index (Phi) is 6.18. The van der Waals surface area contributed by atoms with Crippen LogP contribution in [0.3, 0.4) is 0 Å². The van der Waals surface area contributed by atoms with E-state index in [-0.39, 0.29) is 11.0 Å². The van der Waals surface area contributed by atoms with Crippen LogP contribution >= 0.6 is 0 Å². The minimum Gasteiger partial charge on any atom is -0.451 e. The lowest BCUT2D eigenvalue weighted by molar-refractivity contribution is -0.148. The molecule has 0 unspecified atom stereocenters. The lowest BCUT2D eigenvalue weighted by Crippen LogP contribution is -2.52. The number of nitrogens with one attached hydrogen (secondary N) is 1. The highest BCUT2D eigenvalue weighted by Crippen LogP contribution is 2.12. The summed E-state index contributed by atoms with van der Waals surface area (Å²) in [6.45, 7) is -0.923. The summed E-state index contributed by atoms with van der Waals surface area (Å²) in [5, 5.41) is 48.6. The molecule has 10 nitrogen and oxygen atoms in total. The first-order valence-corrected chi connectivity index (χ1v) is 7.47. The molecule has 4 atom stereocenters. The molecule has 0 fully saturated rings. The Hall–Kier alpha value is -2.63. The van der Waals surface area contributed by atoms with Crippen molar-refractivity contribution in [2.75, 3.05) is 6.61 Å². The molecule has 1 aromatic carbocycles.